The lowest BCUT2D eigenvalue weighted by molar-refractivity contribution is -0.141. The molecule has 0 saturated carbocycles. The first-order valence-electron chi connectivity index (χ1n) is 5.53. The predicted molar refractivity (Wildman–Crippen MR) is 73.6 cm³/mol. The van der Waals surface area contributed by atoms with Crippen LogP contribution in [0.4, 0.5) is 4.39 Å². The topological polar surface area (TPSA) is 57.6 Å². The van der Waals surface area contributed by atoms with Gasteiger partial charge in [0, 0.05) is 15.8 Å². The molecule has 102 valence electrons. The number of amides is 1. The minimum atomic E-state index is -1.04. The molecule has 4 nitrogen and oxygen atoms in total. The van der Waals surface area contributed by atoms with Crippen molar-refractivity contribution >= 4 is 39.6 Å². The number of thioether (sulfide) groups is 1. The Bertz CT molecular complexity index is 519. The van der Waals surface area contributed by atoms with Crippen molar-refractivity contribution in [1.82, 2.24) is 4.90 Å². The molecule has 1 heterocycles. The van der Waals surface area contributed by atoms with E-state index >= 15 is 0 Å². The van der Waals surface area contributed by atoms with Crippen molar-refractivity contribution in [3.8, 4) is 0 Å². The summed E-state index contributed by atoms with van der Waals surface area (Å²) in [4.78, 5) is 24.8. The number of rotatable bonds is 2. The Balaban J connectivity index is 2.34. The van der Waals surface area contributed by atoms with E-state index < -0.39 is 23.7 Å². The Hall–Kier alpha value is -1.08. The van der Waals surface area contributed by atoms with Gasteiger partial charge in [-0.05, 0) is 25.1 Å². The van der Waals surface area contributed by atoms with Gasteiger partial charge in [0.25, 0.3) is 5.91 Å². The van der Waals surface area contributed by atoms with E-state index in [9.17, 15) is 14.0 Å². The summed E-state index contributed by atoms with van der Waals surface area (Å²) in [6.45, 7) is 1.76. The van der Waals surface area contributed by atoms with E-state index in [0.29, 0.717) is 10.2 Å². The number of carbonyl (C=O) groups is 2. The van der Waals surface area contributed by atoms with E-state index in [2.05, 4.69) is 15.9 Å². The highest BCUT2D eigenvalue weighted by atomic mass is 79.9. The van der Waals surface area contributed by atoms with Gasteiger partial charge in [0.1, 0.15) is 11.9 Å². The molecule has 0 spiro atoms. The summed E-state index contributed by atoms with van der Waals surface area (Å²) in [5.74, 6) is -1.70. The van der Waals surface area contributed by atoms with Gasteiger partial charge in [0.15, 0.2) is 0 Å². The van der Waals surface area contributed by atoms with Gasteiger partial charge >= 0.3 is 5.97 Å². The van der Waals surface area contributed by atoms with Crippen LogP contribution in [0.15, 0.2) is 22.7 Å². The van der Waals surface area contributed by atoms with Gasteiger partial charge in [-0.25, -0.2) is 9.18 Å². The Morgan fingerprint density at radius 3 is 2.74 bits per heavy atom. The highest BCUT2D eigenvalue weighted by molar-refractivity contribution is 9.10. The third-order valence-electron chi connectivity index (χ3n) is 2.85. The number of hydrogen-bond donors (Lipinski definition) is 1. The zero-order chi connectivity index (χ0) is 14.2. The van der Waals surface area contributed by atoms with Gasteiger partial charge in [0.2, 0.25) is 0 Å². The van der Waals surface area contributed by atoms with E-state index in [4.69, 9.17) is 5.11 Å². The molecule has 1 aliphatic rings. The molecule has 0 aliphatic carbocycles. The summed E-state index contributed by atoms with van der Waals surface area (Å²) < 4.78 is 13.8. The standard InChI is InChI=1S/C12H11BrFNO3S/c1-6-15(10(5-19-6)12(17)18)11(16)7-2-8(13)4-9(14)3-7/h2-4,6,10H,5H2,1H3,(H,17,18). The van der Waals surface area contributed by atoms with Gasteiger partial charge in [-0.15, -0.1) is 11.8 Å². The SMILES string of the molecule is CC1SCC(C(=O)O)N1C(=O)c1cc(F)cc(Br)c1. The Labute approximate surface area is 122 Å². The molecule has 0 aromatic heterocycles. The van der Waals surface area contributed by atoms with Gasteiger partial charge in [-0.3, -0.25) is 4.79 Å². The molecule has 1 fully saturated rings. The van der Waals surface area contributed by atoms with Gasteiger partial charge in [-0.2, -0.15) is 0 Å². The lowest BCUT2D eigenvalue weighted by Gasteiger charge is -2.25. The molecule has 0 bridgehead atoms. The number of benzene rings is 1. The monoisotopic (exact) mass is 347 g/mol. The van der Waals surface area contributed by atoms with Crippen molar-refractivity contribution in [2.45, 2.75) is 18.3 Å². The summed E-state index contributed by atoms with van der Waals surface area (Å²) >= 11 is 4.51. The maximum absolute atomic E-state index is 13.3. The molecule has 1 aliphatic heterocycles. The molecular formula is C12H11BrFNO3S. The largest absolute Gasteiger partial charge is 0.480 e. The van der Waals surface area contributed by atoms with Crippen molar-refractivity contribution in [2.24, 2.45) is 0 Å². The van der Waals surface area contributed by atoms with Crippen molar-refractivity contribution in [2.75, 3.05) is 5.75 Å². The van der Waals surface area contributed by atoms with E-state index in [-0.39, 0.29) is 10.9 Å². The second-order valence-electron chi connectivity index (χ2n) is 4.16. The fourth-order valence-electron chi connectivity index (χ4n) is 1.97. The third kappa shape index (κ3) is 2.92. The maximum Gasteiger partial charge on any atom is 0.327 e. The van der Waals surface area contributed by atoms with Crippen LogP contribution in [0.25, 0.3) is 0 Å². The Morgan fingerprint density at radius 2 is 2.16 bits per heavy atom. The number of carbonyl (C=O) groups excluding carboxylic acids is 1. The number of carboxylic acids is 1. The first-order chi connectivity index (χ1) is 8.90. The van der Waals surface area contributed by atoms with E-state index in [1.54, 1.807) is 6.92 Å². The molecule has 1 aromatic rings. The number of hydrogen-bond acceptors (Lipinski definition) is 3. The Morgan fingerprint density at radius 1 is 1.47 bits per heavy atom. The maximum atomic E-state index is 13.3. The van der Waals surface area contributed by atoms with E-state index in [1.807, 2.05) is 0 Å². The van der Waals surface area contributed by atoms with Crippen molar-refractivity contribution in [3.63, 3.8) is 0 Å². The average molecular weight is 348 g/mol. The first kappa shape index (κ1) is 14.3. The fourth-order valence-corrected chi connectivity index (χ4v) is 3.60. The summed E-state index contributed by atoms with van der Waals surface area (Å²) in [6, 6.07) is 2.98. The Kier molecular flexibility index (Phi) is 4.15. The van der Waals surface area contributed by atoms with Gasteiger partial charge < -0.3 is 10.0 Å². The highest BCUT2D eigenvalue weighted by Crippen LogP contribution is 2.31. The summed E-state index contributed by atoms with van der Waals surface area (Å²) in [5, 5.41) is 8.88. The molecule has 7 heteroatoms. The molecule has 2 unspecified atom stereocenters. The zero-order valence-electron chi connectivity index (χ0n) is 9.97. The molecule has 0 radical (unpaired) electrons. The molecular weight excluding hydrogens is 337 g/mol. The molecule has 1 N–H and O–H groups in total. The molecule has 1 saturated heterocycles. The molecule has 2 atom stereocenters. The minimum absolute atomic E-state index is 0.146. The predicted octanol–water partition coefficient (Wildman–Crippen LogP) is 2.58. The van der Waals surface area contributed by atoms with Crippen LogP contribution in [0, 0.1) is 5.82 Å². The van der Waals surface area contributed by atoms with Crippen LogP contribution in [0.3, 0.4) is 0 Å². The van der Waals surface area contributed by atoms with Crippen LogP contribution in [-0.4, -0.2) is 39.1 Å². The summed E-state index contributed by atoms with van der Waals surface area (Å²) in [5.41, 5.74) is 0.146. The van der Waals surface area contributed by atoms with Crippen molar-refractivity contribution in [3.05, 3.63) is 34.1 Å². The lowest BCUT2D eigenvalue weighted by Crippen LogP contribution is -2.44. The average Bonchev–Trinajstić information content (AvgIpc) is 2.69. The van der Waals surface area contributed by atoms with Gasteiger partial charge in [0.05, 0.1) is 5.37 Å². The molecule has 2 rings (SSSR count). The van der Waals surface area contributed by atoms with Crippen LogP contribution >= 0.6 is 27.7 Å². The van der Waals surface area contributed by atoms with Crippen LogP contribution in [0.5, 0.6) is 0 Å². The van der Waals surface area contributed by atoms with Crippen LogP contribution in [0.2, 0.25) is 0 Å². The molecule has 19 heavy (non-hydrogen) atoms. The molecule has 1 aromatic carbocycles. The number of carboxylic acid groups (broad SMARTS) is 1. The normalized spacial score (nSPS) is 22.6. The van der Waals surface area contributed by atoms with E-state index in [0.717, 1.165) is 6.07 Å². The van der Waals surface area contributed by atoms with Crippen LogP contribution < -0.4 is 0 Å². The summed E-state index contributed by atoms with van der Waals surface area (Å²) in [6.07, 6.45) is 0. The smallest absolute Gasteiger partial charge is 0.327 e. The quantitative estimate of drug-likeness (QED) is 0.893. The van der Waals surface area contributed by atoms with Crippen molar-refractivity contribution in [1.29, 1.82) is 0 Å². The highest BCUT2D eigenvalue weighted by Gasteiger charge is 2.39. The number of aliphatic carboxylic acids is 1. The number of halogens is 2. The van der Waals surface area contributed by atoms with E-state index in [1.165, 1.54) is 28.8 Å². The van der Waals surface area contributed by atoms with Crippen molar-refractivity contribution < 1.29 is 19.1 Å². The zero-order valence-corrected chi connectivity index (χ0v) is 12.4. The van der Waals surface area contributed by atoms with Crippen LogP contribution in [-0.2, 0) is 4.79 Å². The van der Waals surface area contributed by atoms with Gasteiger partial charge in [-0.1, -0.05) is 15.9 Å². The minimum Gasteiger partial charge on any atom is -0.480 e. The second kappa shape index (κ2) is 5.50. The molecule has 1 amide bonds. The van der Waals surface area contributed by atoms with Crippen LogP contribution in [0.1, 0.15) is 17.3 Å². The first-order valence-corrected chi connectivity index (χ1v) is 7.37. The fraction of sp³-hybridized carbons (Fsp3) is 0.333. The number of nitrogens with zero attached hydrogens (tertiary/aromatic N) is 1. The summed E-state index contributed by atoms with van der Waals surface area (Å²) in [7, 11) is 0. The third-order valence-corrected chi connectivity index (χ3v) is 4.53. The lowest BCUT2D eigenvalue weighted by atomic mass is 10.1. The second-order valence-corrected chi connectivity index (χ2v) is 6.42.